The van der Waals surface area contributed by atoms with Crippen molar-refractivity contribution in [3.05, 3.63) is 5.21 Å². The van der Waals surface area contributed by atoms with Crippen LogP contribution in [0.5, 0.6) is 0 Å². The highest BCUT2D eigenvalue weighted by atomic mass is 16.7. The molecule has 0 aromatic heterocycles. The van der Waals surface area contributed by atoms with Crippen molar-refractivity contribution in [2.75, 3.05) is 20.8 Å². The molecular formula is C7H13N3O4. The van der Waals surface area contributed by atoms with Crippen molar-refractivity contribution in [2.45, 2.75) is 18.9 Å². The van der Waals surface area contributed by atoms with Gasteiger partial charge in [-0.3, -0.25) is 0 Å². The third-order valence-corrected chi connectivity index (χ3v) is 2.07. The van der Waals surface area contributed by atoms with Gasteiger partial charge < -0.3 is 14.8 Å². The Labute approximate surface area is 81.4 Å². The zero-order valence-electron chi connectivity index (χ0n) is 8.17. The van der Waals surface area contributed by atoms with Gasteiger partial charge in [-0.2, -0.15) is 0 Å². The first kappa shape index (κ1) is 10.6. The smallest absolute Gasteiger partial charge is 0.334 e. The van der Waals surface area contributed by atoms with Crippen LogP contribution in [0.25, 0.3) is 0 Å². The minimum Gasteiger partial charge on any atom is -0.569 e. The van der Waals surface area contributed by atoms with E-state index in [0.29, 0.717) is 13.0 Å². The van der Waals surface area contributed by atoms with Crippen LogP contribution in [0.1, 0.15) is 12.8 Å². The van der Waals surface area contributed by atoms with E-state index in [1.54, 1.807) is 0 Å². The van der Waals surface area contributed by atoms with Crippen molar-refractivity contribution in [1.29, 1.82) is 0 Å². The predicted octanol–water partition coefficient (Wildman–Crippen LogP) is 0.0627. The van der Waals surface area contributed by atoms with Gasteiger partial charge >= 0.3 is 5.97 Å². The van der Waals surface area contributed by atoms with Crippen LogP contribution >= 0.6 is 0 Å². The van der Waals surface area contributed by atoms with Gasteiger partial charge in [0, 0.05) is 0 Å². The van der Waals surface area contributed by atoms with Crippen molar-refractivity contribution in [3.8, 4) is 0 Å². The van der Waals surface area contributed by atoms with Crippen LogP contribution in [0.3, 0.4) is 0 Å². The zero-order chi connectivity index (χ0) is 10.6. The predicted molar refractivity (Wildman–Crippen MR) is 44.8 cm³/mol. The molecule has 1 aliphatic rings. The van der Waals surface area contributed by atoms with Gasteiger partial charge in [-0.1, -0.05) is 0 Å². The molecule has 14 heavy (non-hydrogen) atoms. The number of ether oxygens (including phenoxy) is 1. The Morgan fingerprint density at radius 1 is 1.64 bits per heavy atom. The maximum Gasteiger partial charge on any atom is 0.334 e. The van der Waals surface area contributed by atoms with Gasteiger partial charge in [-0.15, -0.1) is 5.01 Å². The fourth-order valence-corrected chi connectivity index (χ4v) is 1.45. The summed E-state index contributed by atoms with van der Waals surface area (Å²) < 4.78 is 4.56. The number of hydrogen-bond donors (Lipinski definition) is 0. The normalized spacial score (nSPS) is 22.3. The number of carbonyl (C=O) groups excluding carboxylic acids is 1. The van der Waals surface area contributed by atoms with E-state index < -0.39 is 12.0 Å². The molecule has 0 N–H and O–H groups in total. The molecule has 1 heterocycles. The first-order valence-corrected chi connectivity index (χ1v) is 4.26. The molecule has 0 bridgehead atoms. The summed E-state index contributed by atoms with van der Waals surface area (Å²) >= 11 is 0. The molecule has 1 aliphatic heterocycles. The molecule has 1 fully saturated rings. The van der Waals surface area contributed by atoms with Gasteiger partial charge in [-0.05, 0) is 12.8 Å². The molecule has 1 atom stereocenters. The third-order valence-electron chi connectivity index (χ3n) is 2.07. The summed E-state index contributed by atoms with van der Waals surface area (Å²) in [6, 6.07) is -0.545. The Morgan fingerprint density at radius 2 is 2.36 bits per heavy atom. The van der Waals surface area contributed by atoms with Crippen molar-refractivity contribution in [2.24, 2.45) is 5.28 Å². The number of hydrogen-bond acceptors (Lipinski definition) is 5. The Morgan fingerprint density at radius 3 is 2.93 bits per heavy atom. The number of nitrogens with zero attached hydrogens (tertiary/aromatic N) is 3. The Balaban J connectivity index is 2.68. The highest BCUT2D eigenvalue weighted by Crippen LogP contribution is 2.18. The number of hydrazine groups is 1. The quantitative estimate of drug-likeness (QED) is 0.280. The molecule has 1 unspecified atom stereocenters. The molecule has 7 nitrogen and oxygen atoms in total. The van der Waals surface area contributed by atoms with Crippen LogP contribution in [0, 0.1) is 5.21 Å². The van der Waals surface area contributed by atoms with E-state index in [2.05, 4.69) is 14.9 Å². The van der Waals surface area contributed by atoms with Crippen molar-refractivity contribution in [1.82, 2.24) is 5.01 Å². The fourth-order valence-electron chi connectivity index (χ4n) is 1.45. The van der Waals surface area contributed by atoms with E-state index in [1.165, 1.54) is 19.2 Å². The Kier molecular flexibility index (Phi) is 3.49. The second-order valence-corrected chi connectivity index (χ2v) is 2.86. The van der Waals surface area contributed by atoms with Crippen LogP contribution in [0.2, 0.25) is 0 Å². The molecule has 0 amide bonds. The fraction of sp³-hybridized carbons (Fsp3) is 0.857. The molecule has 7 heteroatoms. The molecule has 0 saturated carbocycles. The number of rotatable bonds is 3. The minimum atomic E-state index is -0.545. The molecular weight excluding hydrogens is 190 g/mol. The first-order valence-electron chi connectivity index (χ1n) is 4.26. The summed E-state index contributed by atoms with van der Waals surface area (Å²) in [5, 5.41) is 15.7. The highest BCUT2D eigenvalue weighted by molar-refractivity contribution is 5.75. The number of carbonyl (C=O) groups is 1. The van der Waals surface area contributed by atoms with Crippen LogP contribution in [-0.4, -0.2) is 42.8 Å². The summed E-state index contributed by atoms with van der Waals surface area (Å²) in [5.74, 6) is -0.422. The first-order chi connectivity index (χ1) is 6.70. The van der Waals surface area contributed by atoms with E-state index in [1.807, 2.05) is 0 Å². The SMILES string of the molecule is CO/N=[N+](\[O-])N1CCCC1C(=O)OC. The number of esters is 1. The summed E-state index contributed by atoms with van der Waals surface area (Å²) in [5.41, 5.74) is 0. The topological polar surface area (TPSA) is 77.2 Å². The molecule has 0 aromatic carbocycles. The van der Waals surface area contributed by atoms with E-state index in [9.17, 15) is 10.0 Å². The van der Waals surface area contributed by atoms with Gasteiger partial charge in [0.15, 0.2) is 6.04 Å². The van der Waals surface area contributed by atoms with E-state index in [-0.39, 0.29) is 4.97 Å². The summed E-state index contributed by atoms with van der Waals surface area (Å²) in [6.45, 7) is 0.482. The highest BCUT2D eigenvalue weighted by Gasteiger charge is 2.37. The third kappa shape index (κ3) is 2.04. The molecule has 0 aromatic rings. The molecule has 80 valence electrons. The second-order valence-electron chi connectivity index (χ2n) is 2.86. The van der Waals surface area contributed by atoms with Crippen molar-refractivity contribution < 1.29 is 19.3 Å². The van der Waals surface area contributed by atoms with Gasteiger partial charge in [0.1, 0.15) is 7.11 Å². The van der Waals surface area contributed by atoms with Crippen LogP contribution in [-0.2, 0) is 14.4 Å². The lowest BCUT2D eigenvalue weighted by Crippen LogP contribution is -2.41. The van der Waals surface area contributed by atoms with Crippen molar-refractivity contribution in [3.63, 3.8) is 0 Å². The lowest BCUT2D eigenvalue weighted by atomic mass is 10.2. The van der Waals surface area contributed by atoms with Crippen LogP contribution in [0.4, 0.5) is 0 Å². The summed E-state index contributed by atoms with van der Waals surface area (Å²) in [4.78, 5) is 15.8. The standard InChI is InChI=1S/C7H13N3O4/c1-13-7(11)6-4-3-5-9(6)10(12)8-14-2/h6H,3-5H2,1-2H3/b10-8-. The Bertz CT molecular complexity index is 243. The molecule has 0 radical (unpaired) electrons. The van der Waals surface area contributed by atoms with E-state index in [4.69, 9.17) is 0 Å². The Hall–Kier alpha value is -1.53. The van der Waals surface area contributed by atoms with Crippen LogP contribution < -0.4 is 0 Å². The zero-order valence-corrected chi connectivity index (χ0v) is 8.17. The van der Waals surface area contributed by atoms with Gasteiger partial charge in [0.05, 0.1) is 18.6 Å². The van der Waals surface area contributed by atoms with Crippen molar-refractivity contribution >= 4 is 5.97 Å². The lowest BCUT2D eigenvalue weighted by molar-refractivity contribution is -0.711. The van der Waals surface area contributed by atoms with Crippen LogP contribution in [0.15, 0.2) is 5.28 Å². The number of methoxy groups -OCH3 is 1. The maximum absolute atomic E-state index is 11.2. The second kappa shape index (κ2) is 4.64. The average Bonchev–Trinajstić information content (AvgIpc) is 2.65. The molecule has 1 saturated heterocycles. The lowest BCUT2D eigenvalue weighted by Gasteiger charge is -2.17. The van der Waals surface area contributed by atoms with Gasteiger partial charge in [0.2, 0.25) is 5.28 Å². The largest absolute Gasteiger partial charge is 0.569 e. The average molecular weight is 203 g/mol. The minimum absolute atomic E-state index is 0.286. The maximum atomic E-state index is 11.2. The van der Waals surface area contributed by atoms with Gasteiger partial charge in [0.25, 0.3) is 0 Å². The van der Waals surface area contributed by atoms with Gasteiger partial charge in [-0.25, -0.2) is 4.79 Å². The molecule has 0 aliphatic carbocycles. The summed E-state index contributed by atoms with van der Waals surface area (Å²) in [6.07, 6.45) is 1.36. The summed E-state index contributed by atoms with van der Waals surface area (Å²) in [7, 11) is 2.57. The molecule has 0 spiro atoms. The van der Waals surface area contributed by atoms with E-state index >= 15 is 0 Å². The molecule has 1 rings (SSSR count). The van der Waals surface area contributed by atoms with E-state index in [0.717, 1.165) is 6.42 Å². The monoisotopic (exact) mass is 203 g/mol.